The molecule has 1 amide bonds. The first-order chi connectivity index (χ1) is 8.00. The van der Waals surface area contributed by atoms with Gasteiger partial charge in [0.2, 0.25) is 5.91 Å². The zero-order valence-corrected chi connectivity index (χ0v) is 11.8. The molecule has 1 atom stereocenters. The Morgan fingerprint density at radius 2 is 1.94 bits per heavy atom. The van der Waals surface area contributed by atoms with Gasteiger partial charge in [-0.05, 0) is 36.2 Å². The third-order valence-electron chi connectivity index (χ3n) is 4.19. The Hall–Kier alpha value is -0.220. The smallest absolute Gasteiger partial charge is 0.225 e. The van der Waals surface area contributed by atoms with Crippen LogP contribution in [0.1, 0.15) is 33.1 Å². The van der Waals surface area contributed by atoms with Crippen LogP contribution in [-0.4, -0.2) is 41.4 Å². The first kappa shape index (κ1) is 13.2. The molecule has 4 heteroatoms. The van der Waals surface area contributed by atoms with E-state index in [2.05, 4.69) is 18.7 Å². The Kier molecular flexibility index (Phi) is 4.03. The number of likely N-dealkylation sites (tertiary alicyclic amines) is 1. The molecule has 3 nitrogen and oxygen atoms in total. The standard InChI is InChI=1S/C13H24N2OS/c1-13(2)9-15(6-3-11(13)14)12(16)10-4-7-17-8-5-10/h10-11H,3-9,14H2,1-2H3. The minimum Gasteiger partial charge on any atom is -0.342 e. The van der Waals surface area contributed by atoms with Gasteiger partial charge < -0.3 is 10.6 Å². The molecule has 98 valence electrons. The fraction of sp³-hybridized carbons (Fsp3) is 0.923. The summed E-state index contributed by atoms with van der Waals surface area (Å²) in [6, 6.07) is 0.230. The lowest BCUT2D eigenvalue weighted by Gasteiger charge is -2.43. The van der Waals surface area contributed by atoms with E-state index in [9.17, 15) is 4.79 Å². The number of nitrogens with zero attached hydrogens (tertiary/aromatic N) is 1. The molecule has 2 N–H and O–H groups in total. The SMILES string of the molecule is CC1(C)CN(C(=O)C2CCSCC2)CCC1N. The molecule has 2 aliphatic heterocycles. The molecule has 0 saturated carbocycles. The molecule has 0 spiro atoms. The van der Waals surface area contributed by atoms with Crippen molar-refractivity contribution in [1.82, 2.24) is 4.90 Å². The van der Waals surface area contributed by atoms with Crippen LogP contribution in [0.2, 0.25) is 0 Å². The second-order valence-electron chi connectivity index (χ2n) is 6.03. The summed E-state index contributed by atoms with van der Waals surface area (Å²) in [5, 5.41) is 0. The van der Waals surface area contributed by atoms with E-state index in [0.717, 1.165) is 43.9 Å². The molecule has 0 aromatic heterocycles. The van der Waals surface area contributed by atoms with Crippen molar-refractivity contribution in [2.75, 3.05) is 24.6 Å². The largest absolute Gasteiger partial charge is 0.342 e. The monoisotopic (exact) mass is 256 g/mol. The molecule has 0 aliphatic carbocycles. The fourth-order valence-electron chi connectivity index (χ4n) is 2.76. The van der Waals surface area contributed by atoms with E-state index in [1.165, 1.54) is 0 Å². The Balaban J connectivity index is 1.95. The van der Waals surface area contributed by atoms with Crippen LogP contribution in [0.4, 0.5) is 0 Å². The molecule has 17 heavy (non-hydrogen) atoms. The maximum absolute atomic E-state index is 12.4. The van der Waals surface area contributed by atoms with E-state index in [1.54, 1.807) is 0 Å². The third kappa shape index (κ3) is 2.97. The molecule has 2 heterocycles. The van der Waals surface area contributed by atoms with E-state index in [4.69, 9.17) is 5.73 Å². The average Bonchev–Trinajstić information content (AvgIpc) is 2.33. The van der Waals surface area contributed by atoms with Crippen molar-refractivity contribution in [2.24, 2.45) is 17.1 Å². The molecular weight excluding hydrogens is 232 g/mol. The number of carbonyl (C=O) groups is 1. The van der Waals surface area contributed by atoms with Crippen molar-refractivity contribution < 1.29 is 4.79 Å². The maximum atomic E-state index is 12.4. The normalized spacial score (nSPS) is 30.3. The van der Waals surface area contributed by atoms with Crippen molar-refractivity contribution in [2.45, 2.75) is 39.2 Å². The van der Waals surface area contributed by atoms with E-state index in [1.807, 2.05) is 11.8 Å². The molecule has 0 bridgehead atoms. The minimum absolute atomic E-state index is 0.0668. The van der Waals surface area contributed by atoms with Crippen LogP contribution >= 0.6 is 11.8 Å². The van der Waals surface area contributed by atoms with Gasteiger partial charge in [0.05, 0.1) is 0 Å². The number of hydrogen-bond donors (Lipinski definition) is 1. The topological polar surface area (TPSA) is 46.3 Å². The second kappa shape index (κ2) is 5.19. The van der Waals surface area contributed by atoms with E-state index < -0.39 is 0 Å². The van der Waals surface area contributed by atoms with Crippen molar-refractivity contribution in [3.05, 3.63) is 0 Å². The maximum Gasteiger partial charge on any atom is 0.225 e. The minimum atomic E-state index is 0.0668. The number of thioether (sulfide) groups is 1. The van der Waals surface area contributed by atoms with Crippen LogP contribution in [0.25, 0.3) is 0 Å². The highest BCUT2D eigenvalue weighted by Crippen LogP contribution is 2.31. The number of nitrogens with two attached hydrogens (primary N) is 1. The highest BCUT2D eigenvalue weighted by Gasteiger charge is 2.37. The van der Waals surface area contributed by atoms with Gasteiger partial charge in [-0.15, -0.1) is 0 Å². The van der Waals surface area contributed by atoms with Crippen LogP contribution < -0.4 is 5.73 Å². The lowest BCUT2D eigenvalue weighted by Crippen LogP contribution is -2.55. The number of rotatable bonds is 1. The fourth-order valence-corrected chi connectivity index (χ4v) is 3.87. The van der Waals surface area contributed by atoms with Gasteiger partial charge in [0.15, 0.2) is 0 Å². The van der Waals surface area contributed by atoms with Gasteiger partial charge in [-0.2, -0.15) is 11.8 Å². The summed E-state index contributed by atoms with van der Waals surface area (Å²) in [5.41, 5.74) is 6.18. The summed E-state index contributed by atoms with van der Waals surface area (Å²) in [4.78, 5) is 14.5. The summed E-state index contributed by atoms with van der Waals surface area (Å²) in [7, 11) is 0. The average molecular weight is 256 g/mol. The predicted molar refractivity (Wildman–Crippen MR) is 73.0 cm³/mol. The van der Waals surface area contributed by atoms with Gasteiger partial charge in [0, 0.05) is 25.0 Å². The molecule has 2 fully saturated rings. The number of carbonyl (C=O) groups excluding carboxylic acids is 1. The van der Waals surface area contributed by atoms with Gasteiger partial charge >= 0.3 is 0 Å². The first-order valence-electron chi connectivity index (χ1n) is 6.63. The molecule has 1 unspecified atom stereocenters. The second-order valence-corrected chi connectivity index (χ2v) is 7.25. The van der Waals surface area contributed by atoms with Gasteiger partial charge in [-0.1, -0.05) is 13.8 Å². The number of piperidine rings is 1. The lowest BCUT2D eigenvalue weighted by molar-refractivity contribution is -0.139. The zero-order chi connectivity index (χ0) is 12.5. The van der Waals surface area contributed by atoms with Crippen LogP contribution in [-0.2, 0) is 4.79 Å². The highest BCUT2D eigenvalue weighted by molar-refractivity contribution is 7.99. The molecule has 0 radical (unpaired) electrons. The Morgan fingerprint density at radius 1 is 1.29 bits per heavy atom. The Bertz CT molecular complexity index is 287. The van der Waals surface area contributed by atoms with Gasteiger partial charge in [-0.3, -0.25) is 4.79 Å². The molecular formula is C13H24N2OS. The Morgan fingerprint density at radius 3 is 2.53 bits per heavy atom. The Labute approximate surface area is 108 Å². The van der Waals surface area contributed by atoms with Gasteiger partial charge in [-0.25, -0.2) is 0 Å². The molecule has 0 aromatic carbocycles. The predicted octanol–water partition coefficient (Wildman–Crippen LogP) is 1.72. The summed E-state index contributed by atoms with van der Waals surface area (Å²) in [6.45, 7) is 6.03. The van der Waals surface area contributed by atoms with Crippen LogP contribution in [0, 0.1) is 11.3 Å². The van der Waals surface area contributed by atoms with Crippen LogP contribution in [0.5, 0.6) is 0 Å². The molecule has 2 rings (SSSR count). The lowest BCUT2D eigenvalue weighted by atomic mass is 9.79. The summed E-state index contributed by atoms with van der Waals surface area (Å²) >= 11 is 1.97. The van der Waals surface area contributed by atoms with Crippen LogP contribution in [0.3, 0.4) is 0 Å². The number of hydrogen-bond acceptors (Lipinski definition) is 3. The zero-order valence-electron chi connectivity index (χ0n) is 10.9. The van der Waals surface area contributed by atoms with Crippen molar-refractivity contribution in [3.8, 4) is 0 Å². The van der Waals surface area contributed by atoms with E-state index >= 15 is 0 Å². The third-order valence-corrected chi connectivity index (χ3v) is 5.24. The van der Waals surface area contributed by atoms with Gasteiger partial charge in [0.25, 0.3) is 0 Å². The van der Waals surface area contributed by atoms with E-state index in [0.29, 0.717) is 5.91 Å². The summed E-state index contributed by atoms with van der Waals surface area (Å²) in [6.07, 6.45) is 3.07. The quantitative estimate of drug-likeness (QED) is 0.777. The van der Waals surface area contributed by atoms with E-state index in [-0.39, 0.29) is 17.4 Å². The first-order valence-corrected chi connectivity index (χ1v) is 7.78. The van der Waals surface area contributed by atoms with Gasteiger partial charge in [0.1, 0.15) is 0 Å². The van der Waals surface area contributed by atoms with Crippen molar-refractivity contribution in [1.29, 1.82) is 0 Å². The summed E-state index contributed by atoms with van der Waals surface area (Å²) < 4.78 is 0. The van der Waals surface area contributed by atoms with Crippen LogP contribution in [0.15, 0.2) is 0 Å². The molecule has 2 aliphatic rings. The molecule has 0 aromatic rings. The number of amides is 1. The van der Waals surface area contributed by atoms with Crippen molar-refractivity contribution >= 4 is 17.7 Å². The highest BCUT2D eigenvalue weighted by atomic mass is 32.2. The molecule has 2 saturated heterocycles. The summed E-state index contributed by atoms with van der Waals surface area (Å²) in [5.74, 6) is 2.95. The van der Waals surface area contributed by atoms with Crippen molar-refractivity contribution in [3.63, 3.8) is 0 Å².